The Bertz CT molecular complexity index is 682. The SMILES string of the molecule is CCCC(N)C(=O)C(=O)NCC(=O)NC(C(=O)O)C1CCN(C(=O)OC(C)(C)C)CC1. The minimum absolute atomic E-state index is 0.305. The van der Waals surface area contributed by atoms with E-state index in [0.29, 0.717) is 38.8 Å². The maximum Gasteiger partial charge on any atom is 0.410 e. The Morgan fingerprint density at radius 3 is 2.23 bits per heavy atom. The van der Waals surface area contributed by atoms with Crippen LogP contribution in [0.3, 0.4) is 0 Å². The molecule has 0 aromatic rings. The Kier molecular flexibility index (Phi) is 9.89. The molecular formula is C20H34N4O7. The van der Waals surface area contributed by atoms with E-state index < -0.39 is 59.8 Å². The fourth-order valence-corrected chi connectivity index (χ4v) is 3.21. The van der Waals surface area contributed by atoms with Crippen LogP contribution in [-0.4, -0.2) is 77.0 Å². The third kappa shape index (κ3) is 8.91. The van der Waals surface area contributed by atoms with Gasteiger partial charge in [-0.1, -0.05) is 13.3 Å². The van der Waals surface area contributed by atoms with Crippen LogP contribution in [0.25, 0.3) is 0 Å². The Labute approximate surface area is 182 Å². The van der Waals surface area contributed by atoms with Crippen molar-refractivity contribution in [1.82, 2.24) is 15.5 Å². The van der Waals surface area contributed by atoms with Gasteiger partial charge in [0.05, 0.1) is 12.6 Å². The van der Waals surface area contributed by atoms with E-state index in [0.717, 1.165) is 0 Å². The van der Waals surface area contributed by atoms with Crippen LogP contribution in [0.15, 0.2) is 0 Å². The lowest BCUT2D eigenvalue weighted by Crippen LogP contribution is -2.53. The van der Waals surface area contributed by atoms with Crippen LogP contribution in [0.1, 0.15) is 53.4 Å². The average Bonchev–Trinajstić information content (AvgIpc) is 2.68. The number of rotatable bonds is 9. The number of likely N-dealkylation sites (tertiary alicyclic amines) is 1. The Balaban J connectivity index is 2.55. The Hall–Kier alpha value is -2.69. The number of ketones is 1. The van der Waals surface area contributed by atoms with E-state index in [9.17, 15) is 29.1 Å². The van der Waals surface area contributed by atoms with Gasteiger partial charge >= 0.3 is 12.1 Å². The van der Waals surface area contributed by atoms with E-state index in [1.54, 1.807) is 20.8 Å². The molecule has 11 heteroatoms. The van der Waals surface area contributed by atoms with Crippen molar-refractivity contribution in [1.29, 1.82) is 0 Å². The standard InChI is InChI=1S/C20H34N4O7/c1-5-6-13(21)16(26)17(27)22-11-14(25)23-15(18(28)29)12-7-9-24(10-8-12)19(30)31-20(2,3)4/h12-13,15H,5-11,21H2,1-4H3,(H,22,27)(H,23,25)(H,28,29). The number of carboxylic acids is 1. The van der Waals surface area contributed by atoms with Crippen LogP contribution in [0.5, 0.6) is 0 Å². The second-order valence-corrected chi connectivity index (χ2v) is 8.63. The molecule has 31 heavy (non-hydrogen) atoms. The number of nitrogens with zero attached hydrogens (tertiary/aromatic N) is 1. The normalized spacial score (nSPS) is 16.7. The Morgan fingerprint density at radius 1 is 1.16 bits per heavy atom. The van der Waals surface area contributed by atoms with Gasteiger partial charge in [-0.3, -0.25) is 14.4 Å². The summed E-state index contributed by atoms with van der Waals surface area (Å²) in [5.41, 5.74) is 4.97. The number of nitrogens with two attached hydrogens (primary N) is 1. The molecule has 1 fully saturated rings. The molecule has 2 atom stereocenters. The van der Waals surface area contributed by atoms with Gasteiger partial charge in [-0.25, -0.2) is 9.59 Å². The molecule has 1 saturated heterocycles. The fraction of sp³-hybridized carbons (Fsp3) is 0.750. The molecule has 0 aromatic carbocycles. The van der Waals surface area contributed by atoms with E-state index in [2.05, 4.69) is 10.6 Å². The minimum Gasteiger partial charge on any atom is -0.480 e. The van der Waals surface area contributed by atoms with Crippen molar-refractivity contribution in [3.8, 4) is 0 Å². The zero-order valence-electron chi connectivity index (χ0n) is 18.6. The number of carboxylic acid groups (broad SMARTS) is 1. The zero-order valence-corrected chi connectivity index (χ0v) is 18.6. The van der Waals surface area contributed by atoms with Gasteiger partial charge in [0.15, 0.2) is 0 Å². The summed E-state index contributed by atoms with van der Waals surface area (Å²) in [6.07, 6.45) is 1.26. The summed E-state index contributed by atoms with van der Waals surface area (Å²) in [5.74, 6) is -4.13. The van der Waals surface area contributed by atoms with Crippen LogP contribution in [-0.2, 0) is 23.9 Å². The van der Waals surface area contributed by atoms with Gasteiger partial charge in [-0.2, -0.15) is 0 Å². The monoisotopic (exact) mass is 442 g/mol. The van der Waals surface area contributed by atoms with Crippen LogP contribution in [0.4, 0.5) is 4.79 Å². The van der Waals surface area contributed by atoms with Crippen LogP contribution in [0.2, 0.25) is 0 Å². The molecule has 0 radical (unpaired) electrons. The van der Waals surface area contributed by atoms with Crippen LogP contribution < -0.4 is 16.4 Å². The van der Waals surface area contributed by atoms with Gasteiger partial charge in [0.1, 0.15) is 11.6 Å². The third-order valence-corrected chi connectivity index (χ3v) is 4.82. The van der Waals surface area contributed by atoms with E-state index in [1.165, 1.54) is 4.90 Å². The smallest absolute Gasteiger partial charge is 0.410 e. The van der Waals surface area contributed by atoms with Gasteiger partial charge in [0.25, 0.3) is 5.91 Å². The predicted molar refractivity (Wildman–Crippen MR) is 111 cm³/mol. The van der Waals surface area contributed by atoms with Gasteiger partial charge in [-0.05, 0) is 46.0 Å². The molecule has 0 spiro atoms. The summed E-state index contributed by atoms with van der Waals surface area (Å²) in [4.78, 5) is 61.0. The van der Waals surface area contributed by atoms with Gasteiger partial charge < -0.3 is 31.1 Å². The number of amides is 3. The van der Waals surface area contributed by atoms with E-state index in [4.69, 9.17) is 10.5 Å². The summed E-state index contributed by atoms with van der Waals surface area (Å²) in [7, 11) is 0. The number of piperidine rings is 1. The molecule has 1 aliphatic rings. The molecule has 3 amide bonds. The summed E-state index contributed by atoms with van der Waals surface area (Å²) in [5, 5.41) is 14.1. The van der Waals surface area contributed by atoms with Crippen LogP contribution >= 0.6 is 0 Å². The zero-order chi connectivity index (χ0) is 23.8. The second-order valence-electron chi connectivity index (χ2n) is 8.63. The van der Waals surface area contributed by atoms with Gasteiger partial charge in [0.2, 0.25) is 11.7 Å². The highest BCUT2D eigenvalue weighted by molar-refractivity contribution is 6.38. The van der Waals surface area contributed by atoms with E-state index in [1.807, 2.05) is 6.92 Å². The van der Waals surface area contributed by atoms with Crippen molar-refractivity contribution in [3.63, 3.8) is 0 Å². The number of hydrogen-bond donors (Lipinski definition) is 4. The van der Waals surface area contributed by atoms with Crippen molar-refractivity contribution >= 4 is 29.7 Å². The van der Waals surface area contributed by atoms with Crippen molar-refractivity contribution in [3.05, 3.63) is 0 Å². The first-order chi connectivity index (χ1) is 14.4. The molecule has 0 saturated carbocycles. The van der Waals surface area contributed by atoms with Crippen molar-refractivity contribution < 1.29 is 33.8 Å². The number of aliphatic carboxylic acids is 1. The second kappa shape index (κ2) is 11.6. The molecule has 2 unspecified atom stereocenters. The average molecular weight is 443 g/mol. The molecular weight excluding hydrogens is 408 g/mol. The fourth-order valence-electron chi connectivity index (χ4n) is 3.21. The minimum atomic E-state index is -1.21. The van der Waals surface area contributed by atoms with Crippen LogP contribution in [0, 0.1) is 5.92 Å². The summed E-state index contributed by atoms with van der Waals surface area (Å²) >= 11 is 0. The highest BCUT2D eigenvalue weighted by Gasteiger charge is 2.35. The molecule has 1 aliphatic heterocycles. The number of Topliss-reactive ketones (excluding diaryl/α,β-unsaturated/α-hetero) is 1. The Morgan fingerprint density at radius 2 is 1.74 bits per heavy atom. The number of hydrogen-bond acceptors (Lipinski definition) is 7. The van der Waals surface area contributed by atoms with Gasteiger partial charge in [-0.15, -0.1) is 0 Å². The lowest BCUT2D eigenvalue weighted by atomic mass is 9.89. The molecule has 1 rings (SSSR count). The lowest BCUT2D eigenvalue weighted by Gasteiger charge is -2.35. The summed E-state index contributed by atoms with van der Waals surface area (Å²) in [6.45, 7) is 7.18. The first-order valence-electron chi connectivity index (χ1n) is 10.4. The number of ether oxygens (including phenoxy) is 1. The predicted octanol–water partition coefficient (Wildman–Crippen LogP) is 0.0156. The molecule has 0 aromatic heterocycles. The maximum atomic E-state index is 12.1. The molecule has 0 bridgehead atoms. The molecule has 176 valence electrons. The largest absolute Gasteiger partial charge is 0.480 e. The summed E-state index contributed by atoms with van der Waals surface area (Å²) < 4.78 is 5.31. The highest BCUT2D eigenvalue weighted by Crippen LogP contribution is 2.22. The maximum absolute atomic E-state index is 12.1. The quantitative estimate of drug-likeness (QED) is 0.362. The van der Waals surface area contributed by atoms with Crippen molar-refractivity contribution in [2.24, 2.45) is 11.7 Å². The summed E-state index contributed by atoms with van der Waals surface area (Å²) in [6, 6.07) is -2.11. The first-order valence-corrected chi connectivity index (χ1v) is 10.4. The molecule has 11 nitrogen and oxygen atoms in total. The molecule has 0 aliphatic carbocycles. The lowest BCUT2D eigenvalue weighted by molar-refractivity contribution is -0.144. The van der Waals surface area contributed by atoms with Crippen molar-refractivity contribution in [2.45, 2.75) is 71.1 Å². The van der Waals surface area contributed by atoms with Crippen molar-refractivity contribution in [2.75, 3.05) is 19.6 Å². The van der Waals surface area contributed by atoms with E-state index >= 15 is 0 Å². The molecule has 5 N–H and O–H groups in total. The number of nitrogens with one attached hydrogen (secondary N) is 2. The first kappa shape index (κ1) is 26.3. The third-order valence-electron chi connectivity index (χ3n) is 4.82. The van der Waals surface area contributed by atoms with Gasteiger partial charge in [0, 0.05) is 13.1 Å². The number of carbonyl (C=O) groups is 5. The van der Waals surface area contributed by atoms with E-state index in [-0.39, 0.29) is 0 Å². The highest BCUT2D eigenvalue weighted by atomic mass is 16.6. The topological polar surface area (TPSA) is 168 Å². The molecule has 1 heterocycles. The number of carbonyl (C=O) groups excluding carboxylic acids is 4.